The second-order valence-electron chi connectivity index (χ2n) is 8.44. The van der Waals surface area contributed by atoms with E-state index in [-0.39, 0.29) is 5.63 Å². The highest BCUT2D eigenvalue weighted by molar-refractivity contribution is 5.87. The van der Waals surface area contributed by atoms with Gasteiger partial charge in [-0.05, 0) is 43.9 Å². The molecule has 30 heavy (non-hydrogen) atoms. The number of benzene rings is 2. The zero-order valence-electron chi connectivity index (χ0n) is 17.6. The molecule has 1 aromatic heterocycles. The maximum atomic E-state index is 12.8. The fraction of sp³-hybridized carbons (Fsp3) is 0.400. The molecule has 3 heterocycles. The number of ether oxygens (including phenoxy) is 2. The van der Waals surface area contributed by atoms with Gasteiger partial charge in [-0.3, -0.25) is 4.90 Å². The topological polar surface area (TPSA) is 51.9 Å². The smallest absolute Gasteiger partial charge is 0.340 e. The van der Waals surface area contributed by atoms with Crippen molar-refractivity contribution in [2.45, 2.75) is 45.8 Å². The minimum atomic E-state index is -0.261. The van der Waals surface area contributed by atoms with Crippen LogP contribution in [0.3, 0.4) is 0 Å². The molecule has 0 aliphatic carbocycles. The Bertz CT molecular complexity index is 1130. The summed E-state index contributed by atoms with van der Waals surface area (Å²) in [4.78, 5) is 15.1. The molecule has 0 saturated carbocycles. The summed E-state index contributed by atoms with van der Waals surface area (Å²) in [7, 11) is 0. The van der Waals surface area contributed by atoms with Crippen LogP contribution >= 0.6 is 0 Å². The van der Waals surface area contributed by atoms with E-state index < -0.39 is 0 Å². The van der Waals surface area contributed by atoms with E-state index >= 15 is 0 Å². The zero-order chi connectivity index (χ0) is 20.7. The highest BCUT2D eigenvalue weighted by Crippen LogP contribution is 2.36. The first kappa shape index (κ1) is 19.3. The molecule has 5 nitrogen and oxygen atoms in total. The van der Waals surface area contributed by atoms with Gasteiger partial charge in [0.25, 0.3) is 0 Å². The standard InChI is InChI=1S/C25H27NO4/c1-16-21-12-19-13-26(14-20-9-6-10-28-20)15-29-23(19)17(2)24(21)30-25(27)22(16)11-18-7-4-3-5-8-18/h3-5,7-8,12,20H,6,9-11,13-15H2,1-2H3. The Kier molecular flexibility index (Phi) is 5.09. The molecule has 0 radical (unpaired) electrons. The highest BCUT2D eigenvalue weighted by Gasteiger charge is 2.26. The van der Waals surface area contributed by atoms with Crippen molar-refractivity contribution < 1.29 is 13.9 Å². The normalized spacial score (nSPS) is 19.1. The van der Waals surface area contributed by atoms with Crippen molar-refractivity contribution in [3.8, 4) is 5.75 Å². The summed E-state index contributed by atoms with van der Waals surface area (Å²) in [5, 5.41) is 0.999. The molecule has 3 aromatic rings. The van der Waals surface area contributed by atoms with E-state index in [0.717, 1.165) is 71.5 Å². The van der Waals surface area contributed by atoms with Gasteiger partial charge in [-0.25, -0.2) is 4.79 Å². The van der Waals surface area contributed by atoms with Gasteiger partial charge in [-0.2, -0.15) is 0 Å². The van der Waals surface area contributed by atoms with E-state index in [9.17, 15) is 4.79 Å². The van der Waals surface area contributed by atoms with E-state index in [1.807, 2.05) is 44.2 Å². The Morgan fingerprint density at radius 3 is 2.73 bits per heavy atom. The molecule has 0 amide bonds. The van der Waals surface area contributed by atoms with E-state index in [2.05, 4.69) is 11.0 Å². The monoisotopic (exact) mass is 405 g/mol. The Labute approximate surface area is 176 Å². The summed E-state index contributed by atoms with van der Waals surface area (Å²) in [6, 6.07) is 12.2. The number of rotatable bonds is 4. The van der Waals surface area contributed by atoms with Gasteiger partial charge in [0.15, 0.2) is 0 Å². The average molecular weight is 405 g/mol. The lowest BCUT2D eigenvalue weighted by Crippen LogP contribution is -2.37. The summed E-state index contributed by atoms with van der Waals surface area (Å²) in [6.07, 6.45) is 3.13. The largest absolute Gasteiger partial charge is 0.477 e. The molecule has 2 aliphatic rings. The molecule has 1 saturated heterocycles. The van der Waals surface area contributed by atoms with Gasteiger partial charge < -0.3 is 13.9 Å². The third-order valence-electron chi connectivity index (χ3n) is 6.33. The molecular weight excluding hydrogens is 378 g/mol. The number of fused-ring (bicyclic) bond motifs is 2. The second kappa shape index (κ2) is 7.89. The van der Waals surface area contributed by atoms with Crippen LogP contribution in [0.4, 0.5) is 0 Å². The number of hydrogen-bond donors (Lipinski definition) is 0. The molecule has 5 heteroatoms. The van der Waals surface area contributed by atoms with Gasteiger partial charge in [0.2, 0.25) is 0 Å². The molecular formula is C25H27NO4. The predicted octanol–water partition coefficient (Wildman–Crippen LogP) is 4.33. The van der Waals surface area contributed by atoms with Crippen LogP contribution in [-0.2, 0) is 17.7 Å². The molecule has 5 rings (SSSR count). The van der Waals surface area contributed by atoms with Crippen molar-refractivity contribution in [3.05, 3.63) is 74.6 Å². The van der Waals surface area contributed by atoms with Crippen LogP contribution in [0.15, 0.2) is 45.6 Å². The minimum absolute atomic E-state index is 0.261. The molecule has 0 bridgehead atoms. The Morgan fingerprint density at radius 2 is 1.97 bits per heavy atom. The lowest BCUT2D eigenvalue weighted by Gasteiger charge is -2.31. The molecule has 1 fully saturated rings. The Morgan fingerprint density at radius 1 is 1.13 bits per heavy atom. The second-order valence-corrected chi connectivity index (χ2v) is 8.44. The van der Waals surface area contributed by atoms with E-state index in [4.69, 9.17) is 13.9 Å². The van der Waals surface area contributed by atoms with Gasteiger partial charge in [0, 0.05) is 48.2 Å². The van der Waals surface area contributed by atoms with E-state index in [1.54, 1.807) is 0 Å². The molecule has 156 valence electrons. The third kappa shape index (κ3) is 3.53. The number of nitrogens with zero attached hydrogens (tertiary/aromatic N) is 1. The van der Waals surface area contributed by atoms with Crippen molar-refractivity contribution in [3.63, 3.8) is 0 Å². The highest BCUT2D eigenvalue weighted by atomic mass is 16.5. The molecule has 1 atom stereocenters. The fourth-order valence-electron chi connectivity index (χ4n) is 4.69. The molecule has 0 N–H and O–H groups in total. The van der Waals surface area contributed by atoms with Crippen LogP contribution in [-0.4, -0.2) is 30.9 Å². The minimum Gasteiger partial charge on any atom is -0.477 e. The fourth-order valence-corrected chi connectivity index (χ4v) is 4.69. The predicted molar refractivity (Wildman–Crippen MR) is 116 cm³/mol. The first-order valence-corrected chi connectivity index (χ1v) is 10.7. The van der Waals surface area contributed by atoms with Crippen LogP contribution in [0.5, 0.6) is 5.75 Å². The summed E-state index contributed by atoms with van der Waals surface area (Å²) < 4.78 is 17.7. The molecule has 0 spiro atoms. The lowest BCUT2D eigenvalue weighted by atomic mass is 9.96. The summed E-state index contributed by atoms with van der Waals surface area (Å²) >= 11 is 0. The van der Waals surface area contributed by atoms with Crippen LogP contribution in [0.25, 0.3) is 11.0 Å². The number of aryl methyl sites for hydroxylation is 2. The molecule has 2 aromatic carbocycles. The van der Waals surface area contributed by atoms with E-state index in [1.165, 1.54) is 0 Å². The molecule has 2 aliphatic heterocycles. The van der Waals surface area contributed by atoms with Crippen molar-refractivity contribution in [2.75, 3.05) is 19.9 Å². The van der Waals surface area contributed by atoms with Gasteiger partial charge in [-0.1, -0.05) is 30.3 Å². The van der Waals surface area contributed by atoms with Crippen LogP contribution in [0.2, 0.25) is 0 Å². The summed E-state index contributed by atoms with van der Waals surface area (Å²) in [6.45, 7) is 7.11. The van der Waals surface area contributed by atoms with Crippen LogP contribution in [0.1, 0.15) is 40.7 Å². The van der Waals surface area contributed by atoms with Gasteiger partial charge >= 0.3 is 5.63 Å². The molecule has 1 unspecified atom stereocenters. The number of hydrogen-bond acceptors (Lipinski definition) is 5. The van der Waals surface area contributed by atoms with E-state index in [0.29, 0.717) is 24.8 Å². The van der Waals surface area contributed by atoms with Crippen LogP contribution < -0.4 is 10.4 Å². The quantitative estimate of drug-likeness (QED) is 0.605. The average Bonchev–Trinajstić information content (AvgIpc) is 3.26. The maximum absolute atomic E-state index is 12.8. The van der Waals surface area contributed by atoms with Crippen molar-refractivity contribution >= 4 is 11.0 Å². The van der Waals surface area contributed by atoms with Crippen molar-refractivity contribution in [1.82, 2.24) is 4.90 Å². The van der Waals surface area contributed by atoms with Gasteiger partial charge in [0.05, 0.1) is 6.10 Å². The Balaban J connectivity index is 1.52. The SMILES string of the molecule is Cc1c(Cc2ccccc2)c(=O)oc2c(C)c3c(cc12)CN(CC1CCCO1)CO3. The lowest BCUT2D eigenvalue weighted by molar-refractivity contribution is 0.0277. The maximum Gasteiger partial charge on any atom is 0.340 e. The Hall–Kier alpha value is -2.63. The summed E-state index contributed by atoms with van der Waals surface area (Å²) in [5.41, 5.74) is 5.25. The van der Waals surface area contributed by atoms with Crippen molar-refractivity contribution in [1.29, 1.82) is 0 Å². The summed E-state index contributed by atoms with van der Waals surface area (Å²) in [5.74, 6) is 0.851. The zero-order valence-corrected chi connectivity index (χ0v) is 17.6. The first-order valence-electron chi connectivity index (χ1n) is 10.7. The van der Waals surface area contributed by atoms with Gasteiger partial charge in [0.1, 0.15) is 18.1 Å². The third-order valence-corrected chi connectivity index (χ3v) is 6.33. The first-order chi connectivity index (χ1) is 14.6. The van der Waals surface area contributed by atoms with Gasteiger partial charge in [-0.15, -0.1) is 0 Å². The van der Waals surface area contributed by atoms with Crippen LogP contribution in [0, 0.1) is 13.8 Å². The van der Waals surface area contributed by atoms with Crippen molar-refractivity contribution in [2.24, 2.45) is 0 Å².